The van der Waals surface area contributed by atoms with Gasteiger partial charge in [-0.1, -0.05) is 0 Å². The summed E-state index contributed by atoms with van der Waals surface area (Å²) in [4.78, 5) is 25.1. The zero-order chi connectivity index (χ0) is 12.6. The first-order valence-corrected chi connectivity index (χ1v) is 6.24. The Morgan fingerprint density at radius 3 is 2.59 bits per heavy atom. The molecule has 3 unspecified atom stereocenters. The van der Waals surface area contributed by atoms with Gasteiger partial charge in [0.05, 0.1) is 18.6 Å². The summed E-state index contributed by atoms with van der Waals surface area (Å²) in [5, 5.41) is 3.26. The first kappa shape index (κ1) is 12.5. The summed E-state index contributed by atoms with van der Waals surface area (Å²) < 4.78 is 5.44. The van der Waals surface area contributed by atoms with Crippen LogP contribution in [0.4, 0.5) is 0 Å². The Kier molecular flexibility index (Phi) is 3.49. The minimum absolute atomic E-state index is 0.0564. The van der Waals surface area contributed by atoms with Gasteiger partial charge in [0.1, 0.15) is 0 Å². The highest BCUT2D eigenvalue weighted by molar-refractivity contribution is 6.05. The van der Waals surface area contributed by atoms with Crippen LogP contribution in [0.25, 0.3) is 0 Å². The van der Waals surface area contributed by atoms with Crippen LogP contribution in [-0.2, 0) is 14.3 Å². The first-order chi connectivity index (χ1) is 8.00. The third kappa shape index (κ3) is 2.35. The van der Waals surface area contributed by atoms with E-state index in [4.69, 9.17) is 4.74 Å². The fourth-order valence-corrected chi connectivity index (χ4v) is 2.53. The van der Waals surface area contributed by atoms with Gasteiger partial charge in [-0.3, -0.25) is 19.8 Å². The smallest absolute Gasteiger partial charge is 0.247 e. The van der Waals surface area contributed by atoms with Crippen LogP contribution >= 0.6 is 0 Å². The van der Waals surface area contributed by atoms with E-state index < -0.39 is 0 Å². The lowest BCUT2D eigenvalue weighted by atomic mass is 10.1. The largest absolute Gasteiger partial charge is 0.377 e. The van der Waals surface area contributed by atoms with Gasteiger partial charge in [0.2, 0.25) is 11.8 Å². The van der Waals surface area contributed by atoms with Gasteiger partial charge in [-0.25, -0.2) is 0 Å². The van der Waals surface area contributed by atoms with Crippen LogP contribution in [0.5, 0.6) is 0 Å². The Hall–Kier alpha value is -0.940. The minimum atomic E-state index is -0.362. The molecule has 2 aliphatic heterocycles. The van der Waals surface area contributed by atoms with E-state index in [2.05, 4.69) is 5.32 Å². The molecule has 1 N–H and O–H groups in total. The van der Waals surface area contributed by atoms with Crippen molar-refractivity contribution in [3.63, 3.8) is 0 Å². The molecule has 2 saturated heterocycles. The molecule has 2 aliphatic rings. The van der Waals surface area contributed by atoms with Crippen LogP contribution in [0.15, 0.2) is 0 Å². The van der Waals surface area contributed by atoms with Crippen molar-refractivity contribution < 1.29 is 14.3 Å². The van der Waals surface area contributed by atoms with Crippen molar-refractivity contribution in [2.75, 3.05) is 6.61 Å². The summed E-state index contributed by atoms with van der Waals surface area (Å²) in [6, 6.07) is -0.234. The van der Waals surface area contributed by atoms with Crippen molar-refractivity contribution in [3.8, 4) is 0 Å². The molecule has 0 aromatic rings. The summed E-state index contributed by atoms with van der Waals surface area (Å²) in [5.41, 5.74) is 0. The average Bonchev–Trinajstić information content (AvgIpc) is 2.73. The average molecular weight is 240 g/mol. The van der Waals surface area contributed by atoms with Crippen LogP contribution in [-0.4, -0.2) is 47.6 Å². The Balaban J connectivity index is 1.99. The SMILES string of the molecule is CC1OCCC1NC1CC(=O)N(C(C)C)C1=O. The van der Waals surface area contributed by atoms with Gasteiger partial charge in [0, 0.05) is 18.7 Å². The van der Waals surface area contributed by atoms with Crippen LogP contribution in [0.1, 0.15) is 33.6 Å². The number of amides is 2. The Bertz CT molecular complexity index is 330. The Morgan fingerprint density at radius 2 is 2.12 bits per heavy atom. The predicted molar refractivity (Wildman–Crippen MR) is 62.3 cm³/mol. The van der Waals surface area contributed by atoms with Gasteiger partial charge in [-0.05, 0) is 27.2 Å². The predicted octanol–water partition coefficient (Wildman–Crippen LogP) is 0.289. The molecular weight excluding hydrogens is 220 g/mol. The number of rotatable bonds is 3. The molecule has 0 radical (unpaired) electrons. The molecule has 3 atom stereocenters. The standard InChI is InChI=1S/C12H20N2O3/c1-7(2)14-11(15)6-10(12(14)16)13-9-4-5-17-8(9)3/h7-10,13H,4-6H2,1-3H3. The van der Waals surface area contributed by atoms with Crippen molar-refractivity contribution in [2.24, 2.45) is 0 Å². The van der Waals surface area contributed by atoms with Crippen LogP contribution in [0.3, 0.4) is 0 Å². The molecule has 0 saturated carbocycles. The van der Waals surface area contributed by atoms with Gasteiger partial charge in [-0.15, -0.1) is 0 Å². The second-order valence-electron chi connectivity index (χ2n) is 5.09. The monoisotopic (exact) mass is 240 g/mol. The minimum Gasteiger partial charge on any atom is -0.377 e. The van der Waals surface area contributed by atoms with Gasteiger partial charge in [0.25, 0.3) is 0 Å². The lowest BCUT2D eigenvalue weighted by Crippen LogP contribution is -2.47. The number of likely N-dealkylation sites (tertiary alicyclic amines) is 1. The van der Waals surface area contributed by atoms with E-state index in [1.54, 1.807) is 0 Å². The van der Waals surface area contributed by atoms with Crippen LogP contribution in [0, 0.1) is 0 Å². The summed E-state index contributed by atoms with van der Waals surface area (Å²) in [6.45, 7) is 6.44. The van der Waals surface area contributed by atoms with E-state index in [0.29, 0.717) is 0 Å². The molecule has 0 aromatic heterocycles. The van der Waals surface area contributed by atoms with E-state index in [0.717, 1.165) is 13.0 Å². The molecule has 0 aliphatic carbocycles. The Labute approximate surface area is 101 Å². The maximum Gasteiger partial charge on any atom is 0.247 e. The quantitative estimate of drug-likeness (QED) is 0.720. The van der Waals surface area contributed by atoms with E-state index in [1.807, 2.05) is 20.8 Å². The first-order valence-electron chi connectivity index (χ1n) is 6.24. The molecule has 96 valence electrons. The number of nitrogens with zero attached hydrogens (tertiary/aromatic N) is 1. The fraction of sp³-hybridized carbons (Fsp3) is 0.833. The number of hydrogen-bond acceptors (Lipinski definition) is 4. The molecule has 5 nitrogen and oxygen atoms in total. The highest BCUT2D eigenvalue weighted by atomic mass is 16.5. The second-order valence-corrected chi connectivity index (χ2v) is 5.09. The molecule has 17 heavy (non-hydrogen) atoms. The molecule has 5 heteroatoms. The molecule has 0 bridgehead atoms. The number of carbonyl (C=O) groups excluding carboxylic acids is 2. The molecule has 0 spiro atoms. The number of carbonyl (C=O) groups is 2. The topological polar surface area (TPSA) is 58.6 Å². The molecule has 2 heterocycles. The van der Waals surface area contributed by atoms with Crippen LogP contribution in [0.2, 0.25) is 0 Å². The summed E-state index contributed by atoms with van der Waals surface area (Å²) in [6.07, 6.45) is 1.30. The van der Waals surface area contributed by atoms with Gasteiger partial charge < -0.3 is 4.74 Å². The molecular formula is C12H20N2O3. The van der Waals surface area contributed by atoms with Crippen LogP contribution < -0.4 is 5.32 Å². The molecule has 0 aromatic carbocycles. The van der Waals surface area contributed by atoms with Crippen molar-refractivity contribution in [1.82, 2.24) is 10.2 Å². The molecule has 2 rings (SSSR count). The third-order valence-corrected chi connectivity index (χ3v) is 3.49. The lowest BCUT2D eigenvalue weighted by molar-refractivity contribution is -0.140. The normalized spacial score (nSPS) is 34.1. The summed E-state index contributed by atoms with van der Waals surface area (Å²) in [7, 11) is 0. The Morgan fingerprint density at radius 1 is 1.41 bits per heavy atom. The van der Waals surface area contributed by atoms with Crippen molar-refractivity contribution in [3.05, 3.63) is 0 Å². The van der Waals surface area contributed by atoms with E-state index in [9.17, 15) is 9.59 Å². The summed E-state index contributed by atoms with van der Waals surface area (Å²) in [5.74, 6) is -0.168. The number of imide groups is 1. The van der Waals surface area contributed by atoms with Crippen molar-refractivity contribution in [2.45, 2.75) is 57.8 Å². The zero-order valence-electron chi connectivity index (χ0n) is 10.6. The highest BCUT2D eigenvalue weighted by Gasteiger charge is 2.41. The van der Waals surface area contributed by atoms with Gasteiger partial charge in [0.15, 0.2) is 0 Å². The zero-order valence-corrected chi connectivity index (χ0v) is 10.6. The number of hydrogen-bond donors (Lipinski definition) is 1. The maximum atomic E-state index is 12.1. The van der Waals surface area contributed by atoms with Gasteiger partial charge in [-0.2, -0.15) is 0 Å². The maximum absolute atomic E-state index is 12.1. The summed E-state index contributed by atoms with van der Waals surface area (Å²) >= 11 is 0. The number of ether oxygens (including phenoxy) is 1. The fourth-order valence-electron chi connectivity index (χ4n) is 2.53. The third-order valence-electron chi connectivity index (χ3n) is 3.49. The highest BCUT2D eigenvalue weighted by Crippen LogP contribution is 2.20. The van der Waals surface area contributed by atoms with E-state index in [1.165, 1.54) is 4.90 Å². The number of nitrogens with one attached hydrogen (secondary N) is 1. The van der Waals surface area contributed by atoms with Crippen molar-refractivity contribution in [1.29, 1.82) is 0 Å². The van der Waals surface area contributed by atoms with Gasteiger partial charge >= 0.3 is 0 Å². The van der Waals surface area contributed by atoms with E-state index >= 15 is 0 Å². The van der Waals surface area contributed by atoms with Crippen molar-refractivity contribution >= 4 is 11.8 Å². The molecule has 2 amide bonds. The lowest BCUT2D eigenvalue weighted by Gasteiger charge is -2.22. The second kappa shape index (κ2) is 4.74. The van der Waals surface area contributed by atoms with E-state index in [-0.39, 0.29) is 42.5 Å². The molecule has 2 fully saturated rings.